The number of imide groups is 2. The van der Waals surface area contributed by atoms with E-state index in [-0.39, 0.29) is 5.57 Å². The Morgan fingerprint density at radius 3 is 2.33 bits per heavy atom. The van der Waals surface area contributed by atoms with E-state index < -0.39 is 17.8 Å². The molecule has 3 aromatic carbocycles. The molecule has 1 saturated heterocycles. The number of anilines is 1. The number of aryl methyl sites for hydroxylation is 1. The predicted octanol–water partition coefficient (Wildman–Crippen LogP) is 5.26. The minimum atomic E-state index is -0.766. The molecule has 1 aliphatic heterocycles. The van der Waals surface area contributed by atoms with Gasteiger partial charge in [-0.15, -0.1) is 0 Å². The first-order valence-corrected chi connectivity index (χ1v) is 11.2. The number of barbiturate groups is 1. The third-order valence-electron chi connectivity index (χ3n) is 5.21. The Labute approximate surface area is 200 Å². The number of carbonyl (C=O) groups excluding carboxylic acids is 3. The molecule has 4 rings (SSSR count). The highest BCUT2D eigenvalue weighted by Crippen LogP contribution is 2.29. The summed E-state index contributed by atoms with van der Waals surface area (Å²) in [4.78, 5) is 38.8. The molecule has 1 N–H and O–H groups in total. The zero-order valence-electron chi connectivity index (χ0n) is 17.9. The van der Waals surface area contributed by atoms with Crippen molar-refractivity contribution in [3.8, 4) is 5.75 Å². The molecule has 166 valence electrons. The molecule has 0 saturated carbocycles. The minimum Gasteiger partial charge on any atom is -0.488 e. The Bertz CT molecular complexity index is 1240. The van der Waals surface area contributed by atoms with Crippen molar-refractivity contribution in [3.05, 3.63) is 99.5 Å². The second-order valence-electron chi connectivity index (χ2n) is 7.44. The van der Waals surface area contributed by atoms with Crippen LogP contribution in [0.25, 0.3) is 6.08 Å². The lowest BCUT2D eigenvalue weighted by Gasteiger charge is -2.26. The monoisotopic (exact) mass is 504 g/mol. The highest BCUT2D eigenvalue weighted by molar-refractivity contribution is 9.10. The van der Waals surface area contributed by atoms with Crippen LogP contribution in [-0.2, 0) is 22.6 Å². The van der Waals surface area contributed by atoms with Gasteiger partial charge in [0.2, 0.25) is 0 Å². The summed E-state index contributed by atoms with van der Waals surface area (Å²) >= 11 is 3.48. The first-order chi connectivity index (χ1) is 16.0. The van der Waals surface area contributed by atoms with Gasteiger partial charge in [-0.25, -0.2) is 9.69 Å². The highest BCUT2D eigenvalue weighted by Gasteiger charge is 2.36. The molecule has 0 bridgehead atoms. The van der Waals surface area contributed by atoms with Gasteiger partial charge in [-0.05, 0) is 69.4 Å². The van der Waals surface area contributed by atoms with Crippen LogP contribution in [0.1, 0.15) is 23.6 Å². The van der Waals surface area contributed by atoms with E-state index in [0.717, 1.165) is 22.4 Å². The second-order valence-corrected chi connectivity index (χ2v) is 8.30. The molecular formula is C26H21BrN2O4. The Hall–Kier alpha value is -3.71. The number of hydrogen-bond donors (Lipinski definition) is 1. The van der Waals surface area contributed by atoms with Crippen LogP contribution in [-0.4, -0.2) is 17.8 Å². The first kappa shape index (κ1) is 22.5. The number of amides is 4. The minimum absolute atomic E-state index is 0.126. The topological polar surface area (TPSA) is 75.7 Å². The van der Waals surface area contributed by atoms with Crippen molar-refractivity contribution in [1.29, 1.82) is 0 Å². The molecule has 1 heterocycles. The normalized spacial score (nSPS) is 15.0. The fraction of sp³-hybridized carbons (Fsp3) is 0.115. The van der Waals surface area contributed by atoms with Crippen LogP contribution >= 0.6 is 15.9 Å². The Morgan fingerprint density at radius 1 is 0.939 bits per heavy atom. The molecule has 4 amide bonds. The number of carbonyl (C=O) groups is 3. The van der Waals surface area contributed by atoms with E-state index in [0.29, 0.717) is 28.1 Å². The molecular weight excluding hydrogens is 484 g/mol. The quantitative estimate of drug-likeness (QED) is 0.367. The maximum atomic E-state index is 13.1. The van der Waals surface area contributed by atoms with Crippen LogP contribution < -0.4 is 15.0 Å². The van der Waals surface area contributed by atoms with E-state index in [1.165, 1.54) is 6.08 Å². The number of hydrogen-bond acceptors (Lipinski definition) is 4. The van der Waals surface area contributed by atoms with Gasteiger partial charge in [0.15, 0.2) is 0 Å². The molecule has 0 aliphatic carbocycles. The van der Waals surface area contributed by atoms with Crippen LogP contribution in [0.4, 0.5) is 10.5 Å². The Balaban J connectivity index is 1.56. The van der Waals surface area contributed by atoms with Crippen LogP contribution in [0.2, 0.25) is 0 Å². The van der Waals surface area contributed by atoms with E-state index in [1.807, 2.05) is 49.4 Å². The largest absolute Gasteiger partial charge is 0.488 e. The molecule has 7 heteroatoms. The van der Waals surface area contributed by atoms with Gasteiger partial charge in [-0.3, -0.25) is 14.9 Å². The van der Waals surface area contributed by atoms with Crippen molar-refractivity contribution in [2.24, 2.45) is 0 Å². The average Bonchev–Trinajstić information content (AvgIpc) is 2.82. The van der Waals surface area contributed by atoms with Crippen molar-refractivity contribution in [2.45, 2.75) is 20.0 Å². The summed E-state index contributed by atoms with van der Waals surface area (Å²) in [6, 6.07) is 21.4. The second kappa shape index (κ2) is 9.83. The SMILES string of the molecule is CCc1ccc(N2C(=O)NC(=O)/C(=C/c3ccc(OCc4ccccc4)c(Br)c3)C2=O)cc1. The summed E-state index contributed by atoms with van der Waals surface area (Å²) in [6.07, 6.45) is 2.30. The van der Waals surface area contributed by atoms with Crippen LogP contribution in [0.15, 0.2) is 82.8 Å². The highest BCUT2D eigenvalue weighted by atomic mass is 79.9. The molecule has 3 aromatic rings. The first-order valence-electron chi connectivity index (χ1n) is 10.4. The van der Waals surface area contributed by atoms with Gasteiger partial charge in [-0.1, -0.05) is 55.5 Å². The maximum absolute atomic E-state index is 13.1. The maximum Gasteiger partial charge on any atom is 0.335 e. The molecule has 0 radical (unpaired) electrons. The summed E-state index contributed by atoms with van der Waals surface area (Å²) < 4.78 is 6.53. The van der Waals surface area contributed by atoms with Gasteiger partial charge in [0.1, 0.15) is 17.9 Å². The average molecular weight is 505 g/mol. The standard InChI is InChI=1S/C26H21BrN2O4/c1-2-17-8-11-20(12-9-17)29-25(31)21(24(30)28-26(29)32)14-19-10-13-23(22(27)15-19)33-16-18-6-4-3-5-7-18/h3-15H,2,16H2,1H3,(H,28,30,32)/b21-14-. The molecule has 0 unspecified atom stereocenters. The summed E-state index contributed by atoms with van der Waals surface area (Å²) in [7, 11) is 0. The summed E-state index contributed by atoms with van der Waals surface area (Å²) in [6.45, 7) is 2.43. The number of nitrogens with one attached hydrogen (secondary N) is 1. The molecule has 0 atom stereocenters. The summed E-state index contributed by atoms with van der Waals surface area (Å²) in [5.74, 6) is -0.770. The number of halogens is 1. The molecule has 1 aliphatic rings. The number of urea groups is 1. The number of benzene rings is 3. The molecule has 1 fully saturated rings. The smallest absolute Gasteiger partial charge is 0.335 e. The van der Waals surface area contributed by atoms with Gasteiger partial charge in [0, 0.05) is 0 Å². The van der Waals surface area contributed by atoms with Crippen LogP contribution in [0, 0.1) is 0 Å². The molecule has 33 heavy (non-hydrogen) atoms. The van der Waals surface area contributed by atoms with Crippen LogP contribution in [0.5, 0.6) is 5.75 Å². The van der Waals surface area contributed by atoms with Crippen LogP contribution in [0.3, 0.4) is 0 Å². The fourth-order valence-electron chi connectivity index (χ4n) is 3.40. The molecule has 6 nitrogen and oxygen atoms in total. The van der Waals surface area contributed by atoms with E-state index in [9.17, 15) is 14.4 Å². The van der Waals surface area contributed by atoms with Crippen molar-refractivity contribution in [1.82, 2.24) is 5.32 Å². The van der Waals surface area contributed by atoms with Gasteiger partial charge >= 0.3 is 6.03 Å². The summed E-state index contributed by atoms with van der Waals surface area (Å²) in [5, 5.41) is 2.24. The number of nitrogens with zero attached hydrogens (tertiary/aromatic N) is 1. The zero-order chi connectivity index (χ0) is 23.4. The molecule has 0 aromatic heterocycles. The summed E-state index contributed by atoms with van der Waals surface area (Å²) in [5.41, 5.74) is 3.01. The zero-order valence-corrected chi connectivity index (χ0v) is 19.5. The third-order valence-corrected chi connectivity index (χ3v) is 5.83. The van der Waals surface area contributed by atoms with Crippen molar-refractivity contribution < 1.29 is 19.1 Å². The Morgan fingerprint density at radius 2 is 1.67 bits per heavy atom. The van der Waals surface area contributed by atoms with E-state index >= 15 is 0 Å². The molecule has 0 spiro atoms. The number of ether oxygens (including phenoxy) is 1. The van der Waals surface area contributed by atoms with E-state index in [1.54, 1.807) is 30.3 Å². The lowest BCUT2D eigenvalue weighted by atomic mass is 10.1. The Kier molecular flexibility index (Phi) is 6.70. The fourth-order valence-corrected chi connectivity index (χ4v) is 3.91. The van der Waals surface area contributed by atoms with Gasteiger partial charge in [0.25, 0.3) is 11.8 Å². The van der Waals surface area contributed by atoms with Gasteiger partial charge in [0.05, 0.1) is 10.2 Å². The van der Waals surface area contributed by atoms with Crippen molar-refractivity contribution in [3.63, 3.8) is 0 Å². The van der Waals surface area contributed by atoms with Crippen molar-refractivity contribution >= 4 is 45.5 Å². The van der Waals surface area contributed by atoms with Gasteiger partial charge in [-0.2, -0.15) is 0 Å². The van der Waals surface area contributed by atoms with Gasteiger partial charge < -0.3 is 4.74 Å². The van der Waals surface area contributed by atoms with E-state index in [4.69, 9.17) is 4.74 Å². The lowest BCUT2D eigenvalue weighted by Crippen LogP contribution is -2.54. The third kappa shape index (κ3) is 5.04. The van der Waals surface area contributed by atoms with E-state index in [2.05, 4.69) is 21.2 Å². The van der Waals surface area contributed by atoms with Crippen molar-refractivity contribution in [2.75, 3.05) is 4.90 Å². The number of rotatable bonds is 6. The lowest BCUT2D eigenvalue weighted by molar-refractivity contribution is -0.122. The predicted molar refractivity (Wildman–Crippen MR) is 130 cm³/mol.